The van der Waals surface area contributed by atoms with Crippen LogP contribution in [-0.4, -0.2) is 36.4 Å². The summed E-state index contributed by atoms with van der Waals surface area (Å²) in [7, 11) is 0. The van der Waals surface area contributed by atoms with Crippen molar-refractivity contribution in [1.82, 2.24) is 0 Å². The summed E-state index contributed by atoms with van der Waals surface area (Å²) in [6, 6.07) is 5.33. The van der Waals surface area contributed by atoms with E-state index in [1.807, 2.05) is 0 Å². The number of non-ortho nitro benzene ring substituents is 1. The van der Waals surface area contributed by atoms with Gasteiger partial charge in [0.25, 0.3) is 5.69 Å². The molecule has 8 nitrogen and oxygen atoms in total. The van der Waals surface area contributed by atoms with Gasteiger partial charge in [-0.25, -0.2) is 0 Å². The monoisotopic (exact) mass is 337 g/mol. The molecular formula is C16H19NO7. The van der Waals surface area contributed by atoms with Crippen molar-refractivity contribution in [1.29, 1.82) is 0 Å². The molecule has 1 atom stereocenters. The molecule has 1 aromatic rings. The molecule has 1 unspecified atom stereocenters. The fraction of sp³-hybridized carbons (Fsp3) is 0.438. The smallest absolute Gasteiger partial charge is 0.320 e. The van der Waals surface area contributed by atoms with Gasteiger partial charge in [0.1, 0.15) is 6.29 Å². The van der Waals surface area contributed by atoms with Crippen LogP contribution in [0.4, 0.5) is 5.69 Å². The molecule has 24 heavy (non-hydrogen) atoms. The molecular weight excluding hydrogens is 318 g/mol. The van der Waals surface area contributed by atoms with E-state index in [9.17, 15) is 24.5 Å². The molecule has 8 heteroatoms. The molecule has 0 fully saturated rings. The quantitative estimate of drug-likeness (QED) is 0.223. The summed E-state index contributed by atoms with van der Waals surface area (Å²) >= 11 is 0. The molecule has 0 amide bonds. The van der Waals surface area contributed by atoms with Crippen LogP contribution < -0.4 is 0 Å². The maximum Gasteiger partial charge on any atom is 0.320 e. The fourth-order valence-electron chi connectivity index (χ4n) is 2.30. The minimum absolute atomic E-state index is 0.0722. The Morgan fingerprint density at radius 3 is 2.00 bits per heavy atom. The largest absolute Gasteiger partial charge is 0.465 e. The number of hydrogen-bond acceptors (Lipinski definition) is 7. The van der Waals surface area contributed by atoms with Crippen LogP contribution in [0.2, 0.25) is 0 Å². The van der Waals surface area contributed by atoms with Crippen molar-refractivity contribution in [2.24, 2.45) is 5.92 Å². The lowest BCUT2D eigenvalue weighted by Crippen LogP contribution is -2.33. The van der Waals surface area contributed by atoms with E-state index in [4.69, 9.17) is 9.47 Å². The van der Waals surface area contributed by atoms with Crippen LogP contribution in [0.3, 0.4) is 0 Å². The number of benzene rings is 1. The number of hydrogen-bond donors (Lipinski definition) is 0. The minimum atomic E-state index is -1.31. The normalized spacial score (nSPS) is 11.6. The van der Waals surface area contributed by atoms with Gasteiger partial charge in [-0.3, -0.25) is 19.7 Å². The van der Waals surface area contributed by atoms with Crippen molar-refractivity contribution in [3.63, 3.8) is 0 Å². The van der Waals surface area contributed by atoms with Gasteiger partial charge in [-0.15, -0.1) is 0 Å². The molecule has 0 saturated carbocycles. The lowest BCUT2D eigenvalue weighted by molar-refractivity contribution is -0.384. The van der Waals surface area contributed by atoms with Crippen LogP contribution in [0.25, 0.3) is 0 Å². The highest BCUT2D eigenvalue weighted by atomic mass is 16.6. The summed E-state index contributed by atoms with van der Waals surface area (Å²) in [6.45, 7) is 3.34. The van der Waals surface area contributed by atoms with Crippen molar-refractivity contribution in [2.45, 2.75) is 26.2 Å². The van der Waals surface area contributed by atoms with Crippen molar-refractivity contribution in [2.75, 3.05) is 13.2 Å². The van der Waals surface area contributed by atoms with Gasteiger partial charge in [0.2, 0.25) is 0 Å². The van der Waals surface area contributed by atoms with E-state index in [1.165, 1.54) is 24.3 Å². The van der Waals surface area contributed by atoms with E-state index in [0.717, 1.165) is 0 Å². The SMILES string of the molecule is CCOC(=O)C(C(=O)OCC)C(CC=O)c1ccc([N+](=O)[O-])cc1. The standard InChI is InChI=1S/C16H19NO7/c1-3-23-15(19)14(16(20)24-4-2)13(9-10-18)11-5-7-12(8-6-11)17(21)22/h5-8,10,13-14H,3-4,9H2,1-2H3. The highest BCUT2D eigenvalue weighted by molar-refractivity contribution is 5.96. The van der Waals surface area contributed by atoms with Crippen molar-refractivity contribution in [3.05, 3.63) is 39.9 Å². The summed E-state index contributed by atoms with van der Waals surface area (Å²) in [4.78, 5) is 45.5. The van der Waals surface area contributed by atoms with Crippen molar-refractivity contribution in [3.8, 4) is 0 Å². The molecule has 1 rings (SSSR count). The van der Waals surface area contributed by atoms with Crippen LogP contribution in [0.1, 0.15) is 31.7 Å². The third-order valence-corrected chi connectivity index (χ3v) is 3.37. The third-order valence-electron chi connectivity index (χ3n) is 3.37. The average molecular weight is 337 g/mol. The Morgan fingerprint density at radius 1 is 1.12 bits per heavy atom. The lowest BCUT2D eigenvalue weighted by Gasteiger charge is -2.23. The Labute approximate surface area is 138 Å². The highest BCUT2D eigenvalue weighted by Gasteiger charge is 2.38. The van der Waals surface area contributed by atoms with Gasteiger partial charge in [-0.1, -0.05) is 12.1 Å². The first-order valence-electron chi connectivity index (χ1n) is 7.47. The number of aldehydes is 1. The van der Waals surface area contributed by atoms with Crippen LogP contribution in [0.5, 0.6) is 0 Å². The van der Waals surface area contributed by atoms with Gasteiger partial charge in [0.15, 0.2) is 5.92 Å². The highest BCUT2D eigenvalue weighted by Crippen LogP contribution is 2.31. The van der Waals surface area contributed by atoms with Crippen LogP contribution >= 0.6 is 0 Å². The topological polar surface area (TPSA) is 113 Å². The maximum absolute atomic E-state index is 12.2. The predicted molar refractivity (Wildman–Crippen MR) is 83.3 cm³/mol. The van der Waals surface area contributed by atoms with E-state index in [2.05, 4.69) is 0 Å². The van der Waals surface area contributed by atoms with E-state index < -0.39 is 28.7 Å². The Kier molecular flexibility index (Phi) is 7.54. The summed E-state index contributed by atoms with van der Waals surface area (Å²) in [5.41, 5.74) is 0.311. The molecule has 0 heterocycles. The molecule has 0 aromatic heterocycles. The Balaban J connectivity index is 3.23. The minimum Gasteiger partial charge on any atom is -0.465 e. The molecule has 0 spiro atoms. The van der Waals surface area contributed by atoms with Gasteiger partial charge in [-0.2, -0.15) is 0 Å². The van der Waals surface area contributed by atoms with E-state index in [0.29, 0.717) is 11.8 Å². The molecule has 0 N–H and O–H groups in total. The second kappa shape index (κ2) is 9.39. The molecule has 0 radical (unpaired) electrons. The van der Waals surface area contributed by atoms with E-state index >= 15 is 0 Å². The number of nitro groups is 1. The van der Waals surface area contributed by atoms with Gasteiger partial charge in [0.05, 0.1) is 18.1 Å². The Bertz CT molecular complexity index is 579. The van der Waals surface area contributed by atoms with Crippen LogP contribution in [0.15, 0.2) is 24.3 Å². The van der Waals surface area contributed by atoms with Gasteiger partial charge < -0.3 is 14.3 Å². The average Bonchev–Trinajstić information content (AvgIpc) is 2.55. The third kappa shape index (κ3) is 4.87. The first-order chi connectivity index (χ1) is 11.5. The van der Waals surface area contributed by atoms with Crippen LogP contribution in [-0.2, 0) is 23.9 Å². The first kappa shape index (κ1) is 19.3. The number of carbonyl (C=O) groups excluding carboxylic acids is 3. The zero-order valence-corrected chi connectivity index (χ0v) is 13.5. The maximum atomic E-state index is 12.2. The number of nitrogens with zero attached hydrogens (tertiary/aromatic N) is 1. The molecule has 0 bridgehead atoms. The fourth-order valence-corrected chi connectivity index (χ4v) is 2.30. The van der Waals surface area contributed by atoms with E-state index in [1.54, 1.807) is 13.8 Å². The van der Waals surface area contributed by atoms with Crippen molar-refractivity contribution >= 4 is 23.9 Å². The number of nitro benzene ring substituents is 1. The molecule has 0 aliphatic heterocycles. The molecule has 0 aliphatic rings. The van der Waals surface area contributed by atoms with Crippen molar-refractivity contribution < 1.29 is 28.8 Å². The van der Waals surface area contributed by atoms with Gasteiger partial charge in [-0.05, 0) is 19.4 Å². The van der Waals surface area contributed by atoms with Crippen LogP contribution in [0, 0.1) is 16.0 Å². The zero-order valence-electron chi connectivity index (χ0n) is 13.5. The number of esters is 2. The van der Waals surface area contributed by atoms with Gasteiger partial charge in [0, 0.05) is 24.5 Å². The second-order valence-corrected chi connectivity index (χ2v) is 4.84. The lowest BCUT2D eigenvalue weighted by atomic mass is 9.83. The second-order valence-electron chi connectivity index (χ2n) is 4.84. The molecule has 0 saturated heterocycles. The summed E-state index contributed by atoms with van der Waals surface area (Å²) in [5.74, 6) is -3.71. The molecule has 1 aromatic carbocycles. The van der Waals surface area contributed by atoms with E-state index in [-0.39, 0.29) is 25.3 Å². The molecule has 0 aliphatic carbocycles. The Hall–Kier alpha value is -2.77. The number of carbonyl (C=O) groups is 3. The van der Waals surface area contributed by atoms with Gasteiger partial charge >= 0.3 is 11.9 Å². The number of ether oxygens (including phenoxy) is 2. The Morgan fingerprint density at radius 2 is 1.62 bits per heavy atom. The molecule has 130 valence electrons. The zero-order chi connectivity index (χ0) is 18.1. The summed E-state index contributed by atoms with van der Waals surface area (Å²) < 4.78 is 9.84. The predicted octanol–water partition coefficient (Wildman–Crippen LogP) is 2.01. The summed E-state index contributed by atoms with van der Waals surface area (Å²) in [5, 5.41) is 10.7. The summed E-state index contributed by atoms with van der Waals surface area (Å²) in [6.07, 6.45) is 0.456. The first-order valence-corrected chi connectivity index (χ1v) is 7.47. The number of rotatable bonds is 9.